The maximum atomic E-state index is 2.40. The molecule has 1 nitrogen and oxygen atoms in total. The van der Waals surface area contributed by atoms with Gasteiger partial charge in [0.2, 0.25) is 0 Å². The molecule has 4 heteroatoms. The molecule has 2 rings (SSSR count). The van der Waals surface area contributed by atoms with Crippen molar-refractivity contribution in [3.63, 3.8) is 0 Å². The van der Waals surface area contributed by atoms with E-state index >= 15 is 0 Å². The molecule has 0 unspecified atom stereocenters. The summed E-state index contributed by atoms with van der Waals surface area (Å²) in [5, 5.41) is 0. The number of hydrogen-bond acceptors (Lipinski definition) is 0. The summed E-state index contributed by atoms with van der Waals surface area (Å²) in [5.74, 6) is 0. The van der Waals surface area contributed by atoms with Gasteiger partial charge in [-0.2, -0.15) is 0 Å². The van der Waals surface area contributed by atoms with Crippen LogP contribution in [0.25, 0.3) is 0 Å². The summed E-state index contributed by atoms with van der Waals surface area (Å²) in [6.45, 7) is 3.92. The maximum Gasteiger partial charge on any atom is 1.00 e. The van der Waals surface area contributed by atoms with Crippen molar-refractivity contribution in [2.45, 2.75) is 25.8 Å². The zero-order valence-electron chi connectivity index (χ0n) is 10.8. The number of piperidine rings is 1. The Labute approximate surface area is 140 Å². The van der Waals surface area contributed by atoms with Crippen LogP contribution in [-0.2, 0) is 6.54 Å². The number of benzene rings is 1. The first-order valence-electron chi connectivity index (χ1n) is 5.66. The van der Waals surface area contributed by atoms with Crippen LogP contribution in [0.1, 0.15) is 24.8 Å². The van der Waals surface area contributed by atoms with Gasteiger partial charge in [0.15, 0.2) is 0 Å². The van der Waals surface area contributed by atoms with Gasteiger partial charge < -0.3 is 29.3 Å². The number of halogens is 2. The monoisotopic (exact) mass is 283 g/mol. The van der Waals surface area contributed by atoms with Crippen LogP contribution in [0.4, 0.5) is 0 Å². The first-order chi connectivity index (χ1) is 6.79. The molecule has 0 aliphatic carbocycles. The third-order valence-electron chi connectivity index (χ3n) is 3.30. The Balaban J connectivity index is 0. The second-order valence-electron chi connectivity index (χ2n) is 4.77. The van der Waals surface area contributed by atoms with Gasteiger partial charge in [0.1, 0.15) is 6.54 Å². The fourth-order valence-corrected chi connectivity index (χ4v) is 2.46. The van der Waals surface area contributed by atoms with Crippen LogP contribution < -0.4 is 54.4 Å². The Morgan fingerprint density at radius 3 is 2.00 bits per heavy atom. The maximum absolute atomic E-state index is 2.40. The number of likely N-dealkylation sites (tertiary alicyclic amines) is 1. The predicted octanol–water partition coefficient (Wildman–Crippen LogP) is -6.17. The summed E-state index contributed by atoms with van der Waals surface area (Å²) in [7, 11) is 2.40. The third-order valence-corrected chi connectivity index (χ3v) is 3.30. The average Bonchev–Trinajstić information content (AvgIpc) is 2.19. The van der Waals surface area contributed by atoms with Gasteiger partial charge in [-0.25, -0.2) is 0 Å². The SMILES string of the molecule is C[N+]1(Cc2ccccc2)CCCCC1.[Cl-].[Cl-].[Na+]. The molecule has 1 aliphatic heterocycles. The molecule has 17 heavy (non-hydrogen) atoms. The van der Waals surface area contributed by atoms with E-state index in [0.717, 1.165) is 0 Å². The number of quaternary nitrogens is 1. The second-order valence-corrected chi connectivity index (χ2v) is 4.77. The van der Waals surface area contributed by atoms with Crippen molar-refractivity contribution in [2.75, 3.05) is 20.1 Å². The Hall–Kier alpha value is 0.760. The molecule has 1 saturated heterocycles. The van der Waals surface area contributed by atoms with Gasteiger partial charge in [-0.15, -0.1) is 0 Å². The van der Waals surface area contributed by atoms with E-state index in [9.17, 15) is 0 Å². The summed E-state index contributed by atoms with van der Waals surface area (Å²) in [4.78, 5) is 0. The largest absolute Gasteiger partial charge is 1.00 e. The molecule has 1 aromatic rings. The molecule has 0 bridgehead atoms. The molecule has 0 saturated carbocycles. The standard InChI is InChI=1S/C13H20N.2ClH.Na/c1-14(10-6-3-7-11-14)12-13-8-4-2-5-9-13;;;/h2,4-5,8-9H,3,6-7,10-12H2,1H3;2*1H;/q+1;;;+1/p-2. The van der Waals surface area contributed by atoms with Crippen LogP contribution in [0, 0.1) is 0 Å². The van der Waals surface area contributed by atoms with Gasteiger partial charge in [0.25, 0.3) is 0 Å². The summed E-state index contributed by atoms with van der Waals surface area (Å²) in [5.41, 5.74) is 1.48. The van der Waals surface area contributed by atoms with E-state index in [2.05, 4.69) is 37.4 Å². The zero-order valence-corrected chi connectivity index (χ0v) is 14.3. The van der Waals surface area contributed by atoms with Crippen LogP contribution in [0.5, 0.6) is 0 Å². The smallest absolute Gasteiger partial charge is 1.00 e. The zero-order chi connectivity index (χ0) is 9.86. The molecule has 0 N–H and O–H groups in total. The molecule has 0 spiro atoms. The molecule has 0 atom stereocenters. The van der Waals surface area contributed by atoms with Crippen molar-refractivity contribution in [3.8, 4) is 0 Å². The Morgan fingerprint density at radius 1 is 0.941 bits per heavy atom. The van der Waals surface area contributed by atoms with Crippen molar-refractivity contribution in [1.29, 1.82) is 0 Å². The third kappa shape index (κ3) is 6.47. The molecule has 0 radical (unpaired) electrons. The minimum atomic E-state index is 0. The van der Waals surface area contributed by atoms with Crippen molar-refractivity contribution in [2.24, 2.45) is 0 Å². The van der Waals surface area contributed by atoms with E-state index < -0.39 is 0 Å². The summed E-state index contributed by atoms with van der Waals surface area (Å²) in [6, 6.07) is 10.9. The summed E-state index contributed by atoms with van der Waals surface area (Å²) >= 11 is 0. The second kappa shape index (κ2) is 9.66. The molecule has 1 fully saturated rings. The van der Waals surface area contributed by atoms with E-state index in [1.54, 1.807) is 0 Å². The number of hydrogen-bond donors (Lipinski definition) is 0. The van der Waals surface area contributed by atoms with Gasteiger partial charge in [0, 0.05) is 5.56 Å². The first-order valence-corrected chi connectivity index (χ1v) is 5.66. The Bertz CT molecular complexity index is 287. The van der Waals surface area contributed by atoms with Crippen molar-refractivity contribution >= 4 is 0 Å². The average molecular weight is 284 g/mol. The normalized spacial score (nSPS) is 17.0. The molecule has 92 valence electrons. The molecule has 1 aliphatic rings. The fourth-order valence-electron chi connectivity index (χ4n) is 2.46. The molecule has 1 heterocycles. The van der Waals surface area contributed by atoms with Gasteiger partial charge in [-0.1, -0.05) is 30.3 Å². The predicted molar refractivity (Wildman–Crippen MR) is 59.9 cm³/mol. The van der Waals surface area contributed by atoms with Crippen LogP contribution in [0.15, 0.2) is 30.3 Å². The van der Waals surface area contributed by atoms with Gasteiger partial charge >= 0.3 is 29.6 Å². The van der Waals surface area contributed by atoms with E-state index in [0.29, 0.717) is 0 Å². The minimum absolute atomic E-state index is 0. The fraction of sp³-hybridized carbons (Fsp3) is 0.538. The van der Waals surface area contributed by atoms with E-state index in [-0.39, 0.29) is 54.4 Å². The van der Waals surface area contributed by atoms with Crippen LogP contribution in [0.3, 0.4) is 0 Å². The number of nitrogens with zero attached hydrogens (tertiary/aromatic N) is 1. The van der Waals surface area contributed by atoms with E-state index in [1.807, 2.05) is 0 Å². The van der Waals surface area contributed by atoms with Crippen LogP contribution >= 0.6 is 0 Å². The molecule has 0 aromatic heterocycles. The van der Waals surface area contributed by atoms with Gasteiger partial charge in [0.05, 0.1) is 20.1 Å². The van der Waals surface area contributed by atoms with E-state index in [4.69, 9.17) is 0 Å². The van der Waals surface area contributed by atoms with Gasteiger partial charge in [-0.3, -0.25) is 0 Å². The van der Waals surface area contributed by atoms with Crippen LogP contribution in [0.2, 0.25) is 0 Å². The van der Waals surface area contributed by atoms with Crippen LogP contribution in [-0.4, -0.2) is 24.6 Å². The topological polar surface area (TPSA) is 0 Å². The van der Waals surface area contributed by atoms with Crippen molar-refractivity contribution < 1.29 is 58.9 Å². The van der Waals surface area contributed by atoms with Crippen molar-refractivity contribution in [1.82, 2.24) is 0 Å². The minimum Gasteiger partial charge on any atom is -1.00 e. The van der Waals surface area contributed by atoms with Crippen molar-refractivity contribution in [3.05, 3.63) is 35.9 Å². The van der Waals surface area contributed by atoms with E-state index in [1.165, 1.54) is 48.9 Å². The Morgan fingerprint density at radius 2 is 1.47 bits per heavy atom. The summed E-state index contributed by atoms with van der Waals surface area (Å²) in [6.07, 6.45) is 4.25. The molecule has 1 aromatic carbocycles. The first kappa shape index (κ1) is 20.1. The van der Waals surface area contributed by atoms with Gasteiger partial charge in [-0.05, 0) is 19.3 Å². The molecular weight excluding hydrogens is 264 g/mol. The quantitative estimate of drug-likeness (QED) is 0.375. The number of rotatable bonds is 2. The summed E-state index contributed by atoms with van der Waals surface area (Å²) < 4.78 is 1.24. The molecule has 0 amide bonds. The molecular formula is C13H20Cl2NNa. The Kier molecular flexibility index (Phi) is 11.4.